The summed E-state index contributed by atoms with van der Waals surface area (Å²) in [6, 6.07) is 14.7. The van der Waals surface area contributed by atoms with Crippen molar-refractivity contribution in [1.82, 2.24) is 9.97 Å². The number of nitrogens with one attached hydrogen (secondary N) is 2. The lowest BCUT2D eigenvalue weighted by molar-refractivity contribution is 0.0697. The van der Waals surface area contributed by atoms with Crippen molar-refractivity contribution >= 4 is 29.1 Å². The molecule has 0 unspecified atom stereocenters. The topological polar surface area (TPSA) is 87.1 Å². The van der Waals surface area contributed by atoms with Gasteiger partial charge < -0.3 is 15.7 Å². The number of rotatable bonds is 7. The summed E-state index contributed by atoms with van der Waals surface area (Å²) < 4.78 is 0. The summed E-state index contributed by atoms with van der Waals surface area (Å²) in [6.07, 6.45) is 1.84. The van der Waals surface area contributed by atoms with Crippen LogP contribution in [0.4, 0.5) is 23.1 Å². The van der Waals surface area contributed by atoms with Gasteiger partial charge in [0, 0.05) is 23.1 Å². The minimum absolute atomic E-state index is 0.245. The molecule has 3 rings (SSSR count). The van der Waals surface area contributed by atoms with Gasteiger partial charge in [-0.1, -0.05) is 32.0 Å². The van der Waals surface area contributed by atoms with Crippen molar-refractivity contribution < 1.29 is 9.90 Å². The fourth-order valence-corrected chi connectivity index (χ4v) is 3.05. The first-order chi connectivity index (χ1) is 13.5. The second-order valence-corrected chi connectivity index (χ2v) is 6.51. The van der Waals surface area contributed by atoms with Gasteiger partial charge in [0.2, 0.25) is 5.95 Å². The molecule has 1 aromatic heterocycles. The third-order valence-electron chi connectivity index (χ3n) is 4.49. The van der Waals surface area contributed by atoms with Crippen LogP contribution in [-0.4, -0.2) is 21.0 Å². The van der Waals surface area contributed by atoms with Crippen LogP contribution in [0.1, 0.15) is 41.0 Å². The van der Waals surface area contributed by atoms with Crippen molar-refractivity contribution in [2.45, 2.75) is 33.6 Å². The number of para-hydroxylation sites is 1. The second-order valence-electron chi connectivity index (χ2n) is 6.51. The van der Waals surface area contributed by atoms with Gasteiger partial charge in [0.25, 0.3) is 0 Å². The van der Waals surface area contributed by atoms with Crippen LogP contribution < -0.4 is 10.6 Å². The lowest BCUT2D eigenvalue weighted by atomic mass is 10.0. The van der Waals surface area contributed by atoms with E-state index in [4.69, 9.17) is 5.11 Å². The maximum atomic E-state index is 11.0. The highest BCUT2D eigenvalue weighted by Gasteiger charge is 2.10. The van der Waals surface area contributed by atoms with Gasteiger partial charge in [-0.25, -0.2) is 9.78 Å². The number of carboxylic acids is 1. The molecule has 0 aliphatic carbocycles. The molecule has 3 N–H and O–H groups in total. The van der Waals surface area contributed by atoms with Crippen LogP contribution in [-0.2, 0) is 12.8 Å². The molecule has 0 amide bonds. The molecular weight excluding hydrogens is 352 g/mol. The fourth-order valence-electron chi connectivity index (χ4n) is 3.05. The number of hydrogen-bond donors (Lipinski definition) is 3. The molecule has 6 nitrogen and oxygen atoms in total. The number of carbonyl (C=O) groups is 1. The molecule has 0 aliphatic heterocycles. The molecule has 6 heteroatoms. The minimum atomic E-state index is -0.947. The Morgan fingerprint density at radius 1 is 0.964 bits per heavy atom. The van der Waals surface area contributed by atoms with E-state index < -0.39 is 5.97 Å². The molecule has 0 saturated carbocycles. The Morgan fingerprint density at radius 2 is 1.61 bits per heavy atom. The third kappa shape index (κ3) is 4.46. The summed E-state index contributed by atoms with van der Waals surface area (Å²) >= 11 is 0. The van der Waals surface area contributed by atoms with Gasteiger partial charge in [-0.05, 0) is 55.2 Å². The lowest BCUT2D eigenvalue weighted by Crippen LogP contribution is -2.06. The Kier molecular flexibility index (Phi) is 5.89. The van der Waals surface area contributed by atoms with Gasteiger partial charge in [0.05, 0.1) is 5.56 Å². The van der Waals surface area contributed by atoms with Crippen LogP contribution in [0, 0.1) is 6.92 Å². The number of aromatic nitrogens is 2. The number of nitrogens with zero attached hydrogens (tertiary/aromatic N) is 2. The van der Waals surface area contributed by atoms with Gasteiger partial charge in [-0.2, -0.15) is 4.98 Å². The van der Waals surface area contributed by atoms with E-state index in [2.05, 4.69) is 52.6 Å². The van der Waals surface area contributed by atoms with Crippen molar-refractivity contribution in [3.63, 3.8) is 0 Å². The molecule has 28 heavy (non-hydrogen) atoms. The zero-order valence-corrected chi connectivity index (χ0v) is 16.3. The molecule has 1 heterocycles. The van der Waals surface area contributed by atoms with E-state index in [0.717, 1.165) is 29.9 Å². The number of aromatic carboxylic acids is 1. The Labute approximate surface area is 164 Å². The summed E-state index contributed by atoms with van der Waals surface area (Å²) in [6.45, 7) is 6.17. The maximum Gasteiger partial charge on any atom is 0.335 e. The summed E-state index contributed by atoms with van der Waals surface area (Å²) in [7, 11) is 0. The highest BCUT2D eigenvalue weighted by molar-refractivity contribution is 5.88. The van der Waals surface area contributed by atoms with Crippen molar-refractivity contribution in [2.75, 3.05) is 10.6 Å². The first kappa shape index (κ1) is 19.4. The molecule has 3 aromatic rings. The van der Waals surface area contributed by atoms with Gasteiger partial charge in [-0.3, -0.25) is 0 Å². The summed E-state index contributed by atoms with van der Waals surface area (Å²) in [5, 5.41) is 15.6. The molecular formula is C22H24N4O2. The number of aryl methyl sites for hydroxylation is 3. The minimum Gasteiger partial charge on any atom is -0.478 e. The van der Waals surface area contributed by atoms with E-state index in [9.17, 15) is 4.79 Å². The molecule has 2 aromatic carbocycles. The van der Waals surface area contributed by atoms with E-state index in [1.807, 2.05) is 13.0 Å². The van der Waals surface area contributed by atoms with Gasteiger partial charge in [-0.15, -0.1) is 0 Å². The van der Waals surface area contributed by atoms with E-state index >= 15 is 0 Å². The predicted molar refractivity (Wildman–Crippen MR) is 112 cm³/mol. The Hall–Kier alpha value is -3.41. The largest absolute Gasteiger partial charge is 0.478 e. The average Bonchev–Trinajstić information content (AvgIpc) is 2.68. The van der Waals surface area contributed by atoms with Gasteiger partial charge in [0.15, 0.2) is 0 Å². The van der Waals surface area contributed by atoms with Crippen molar-refractivity contribution in [3.8, 4) is 0 Å². The van der Waals surface area contributed by atoms with Crippen molar-refractivity contribution in [3.05, 3.63) is 70.9 Å². The third-order valence-corrected chi connectivity index (χ3v) is 4.49. The molecule has 0 bridgehead atoms. The molecule has 144 valence electrons. The summed E-state index contributed by atoms with van der Waals surface area (Å²) in [5.74, 6) is 0.225. The van der Waals surface area contributed by atoms with Crippen LogP contribution in [0.5, 0.6) is 0 Å². The first-order valence-electron chi connectivity index (χ1n) is 9.34. The summed E-state index contributed by atoms with van der Waals surface area (Å²) in [5.41, 5.74) is 5.35. The van der Waals surface area contributed by atoms with Crippen LogP contribution in [0.15, 0.2) is 48.5 Å². The normalized spacial score (nSPS) is 10.5. The zero-order chi connectivity index (χ0) is 20.1. The van der Waals surface area contributed by atoms with E-state index in [0.29, 0.717) is 11.8 Å². The molecule has 0 aliphatic rings. The highest BCUT2D eigenvalue weighted by atomic mass is 16.4. The number of carboxylic acid groups (broad SMARTS) is 1. The zero-order valence-electron chi connectivity index (χ0n) is 16.3. The molecule has 0 fully saturated rings. The van der Waals surface area contributed by atoms with Crippen LogP contribution in [0.2, 0.25) is 0 Å². The second kappa shape index (κ2) is 8.52. The number of hydrogen-bond acceptors (Lipinski definition) is 5. The Balaban J connectivity index is 1.87. The predicted octanol–water partition coefficient (Wildman–Crippen LogP) is 5.10. The van der Waals surface area contributed by atoms with Crippen molar-refractivity contribution in [2.24, 2.45) is 0 Å². The van der Waals surface area contributed by atoms with E-state index in [1.54, 1.807) is 24.3 Å². The molecule has 0 spiro atoms. The fraction of sp³-hybridized carbons (Fsp3) is 0.227. The molecule has 0 atom stereocenters. The molecule has 0 saturated heterocycles. The van der Waals surface area contributed by atoms with Crippen LogP contribution in [0.25, 0.3) is 0 Å². The quantitative estimate of drug-likeness (QED) is 0.532. The standard InChI is InChI=1S/C22H24N4O2/c1-4-15-7-6-8-16(5-2)20(15)26-22-23-14(3)13-19(25-22)24-18-11-9-17(10-12-18)21(27)28/h6-13H,4-5H2,1-3H3,(H,27,28)(H2,23,24,25,26). The Bertz CT molecular complexity index is 962. The van der Waals surface area contributed by atoms with E-state index in [1.165, 1.54) is 11.1 Å². The van der Waals surface area contributed by atoms with Crippen LogP contribution in [0.3, 0.4) is 0 Å². The maximum absolute atomic E-state index is 11.0. The average molecular weight is 376 g/mol. The van der Waals surface area contributed by atoms with Gasteiger partial charge in [0.1, 0.15) is 5.82 Å². The number of benzene rings is 2. The smallest absolute Gasteiger partial charge is 0.335 e. The lowest BCUT2D eigenvalue weighted by Gasteiger charge is -2.15. The van der Waals surface area contributed by atoms with Gasteiger partial charge >= 0.3 is 5.97 Å². The first-order valence-corrected chi connectivity index (χ1v) is 9.34. The Morgan fingerprint density at radius 3 is 2.18 bits per heavy atom. The van der Waals surface area contributed by atoms with Crippen LogP contribution >= 0.6 is 0 Å². The SMILES string of the molecule is CCc1cccc(CC)c1Nc1nc(C)cc(Nc2ccc(C(=O)O)cc2)n1. The monoisotopic (exact) mass is 376 g/mol. The van der Waals surface area contributed by atoms with Crippen molar-refractivity contribution in [1.29, 1.82) is 0 Å². The number of anilines is 4. The highest BCUT2D eigenvalue weighted by Crippen LogP contribution is 2.26. The molecule has 0 radical (unpaired) electrons. The van der Waals surface area contributed by atoms with E-state index in [-0.39, 0.29) is 5.56 Å². The summed E-state index contributed by atoms with van der Waals surface area (Å²) in [4.78, 5) is 20.1.